The van der Waals surface area contributed by atoms with E-state index < -0.39 is 0 Å². The highest BCUT2D eigenvalue weighted by Crippen LogP contribution is 2.18. The van der Waals surface area contributed by atoms with Gasteiger partial charge in [0.05, 0.1) is 0 Å². The zero-order valence-corrected chi connectivity index (χ0v) is 13.3. The Hall–Kier alpha value is -2.49. The molecule has 0 saturated carbocycles. The van der Waals surface area contributed by atoms with Gasteiger partial charge in [0.25, 0.3) is 0 Å². The maximum Gasteiger partial charge on any atom is 0.321 e. The third kappa shape index (κ3) is 4.01. The summed E-state index contributed by atoms with van der Waals surface area (Å²) in [7, 11) is 0. The lowest BCUT2D eigenvalue weighted by molar-refractivity contribution is 0.234. The van der Waals surface area contributed by atoms with Crippen LogP contribution < -0.4 is 15.4 Å². The van der Waals surface area contributed by atoms with Crippen molar-refractivity contribution in [2.24, 2.45) is 0 Å². The number of rotatable bonds is 5. The van der Waals surface area contributed by atoms with E-state index in [0.29, 0.717) is 0 Å². The van der Waals surface area contributed by atoms with Crippen molar-refractivity contribution in [1.82, 2.24) is 5.32 Å². The van der Waals surface area contributed by atoms with Gasteiger partial charge in [-0.25, -0.2) is 4.79 Å². The van der Waals surface area contributed by atoms with Crippen molar-refractivity contribution < 1.29 is 9.53 Å². The average molecular weight is 298 g/mol. The van der Waals surface area contributed by atoms with Gasteiger partial charge in [-0.05, 0) is 49.1 Å². The second-order valence-electron chi connectivity index (χ2n) is 5.13. The molecule has 4 nitrogen and oxygen atoms in total. The van der Waals surface area contributed by atoms with E-state index in [-0.39, 0.29) is 12.8 Å². The molecule has 0 heterocycles. The van der Waals surface area contributed by atoms with Crippen LogP contribution in [0.2, 0.25) is 0 Å². The van der Waals surface area contributed by atoms with Crippen molar-refractivity contribution >= 4 is 11.7 Å². The largest absolute Gasteiger partial charge is 0.473 e. The number of carbonyl (C=O) groups excluding carboxylic acids is 1. The molecule has 2 aromatic rings. The predicted molar refractivity (Wildman–Crippen MR) is 89.4 cm³/mol. The zero-order chi connectivity index (χ0) is 15.9. The Kier molecular flexibility index (Phi) is 5.42. The molecule has 0 aliphatic carbocycles. The highest BCUT2D eigenvalue weighted by Gasteiger charge is 2.06. The smallest absolute Gasteiger partial charge is 0.321 e. The van der Waals surface area contributed by atoms with Gasteiger partial charge in [0.1, 0.15) is 5.75 Å². The maximum atomic E-state index is 11.9. The molecule has 22 heavy (non-hydrogen) atoms. The molecular weight excluding hydrogens is 276 g/mol. The molecule has 0 spiro atoms. The van der Waals surface area contributed by atoms with Crippen LogP contribution in [0.15, 0.2) is 42.5 Å². The van der Waals surface area contributed by atoms with E-state index in [1.165, 1.54) is 0 Å². The predicted octanol–water partition coefficient (Wildman–Crippen LogP) is 4.02. The van der Waals surface area contributed by atoms with Gasteiger partial charge in [-0.15, -0.1) is 0 Å². The summed E-state index contributed by atoms with van der Waals surface area (Å²) in [5.41, 5.74) is 4.14. The van der Waals surface area contributed by atoms with Crippen LogP contribution in [0.25, 0.3) is 0 Å². The molecule has 0 aliphatic heterocycles. The minimum absolute atomic E-state index is 0.133. The van der Waals surface area contributed by atoms with E-state index in [9.17, 15) is 4.79 Å². The topological polar surface area (TPSA) is 50.4 Å². The summed E-state index contributed by atoms with van der Waals surface area (Å²) in [6.45, 7) is 6.21. The van der Waals surface area contributed by atoms with E-state index in [1.807, 2.05) is 56.3 Å². The van der Waals surface area contributed by atoms with Crippen molar-refractivity contribution in [2.75, 3.05) is 12.0 Å². The highest BCUT2D eigenvalue weighted by atomic mass is 16.5. The van der Waals surface area contributed by atoms with Crippen LogP contribution in [0, 0.1) is 13.8 Å². The van der Waals surface area contributed by atoms with Crippen LogP contribution in [0.4, 0.5) is 10.5 Å². The third-order valence-corrected chi connectivity index (χ3v) is 3.67. The second kappa shape index (κ2) is 7.50. The van der Waals surface area contributed by atoms with E-state index in [2.05, 4.69) is 17.6 Å². The van der Waals surface area contributed by atoms with E-state index in [0.717, 1.165) is 34.5 Å². The number of anilines is 1. The van der Waals surface area contributed by atoms with Gasteiger partial charge in [-0.3, -0.25) is 0 Å². The molecule has 0 fully saturated rings. The van der Waals surface area contributed by atoms with Crippen molar-refractivity contribution in [1.29, 1.82) is 0 Å². The van der Waals surface area contributed by atoms with Gasteiger partial charge in [0.15, 0.2) is 6.73 Å². The molecule has 0 radical (unpaired) electrons. The molecule has 2 N–H and O–H groups in total. The summed E-state index contributed by atoms with van der Waals surface area (Å²) in [4.78, 5) is 11.9. The molecule has 0 atom stereocenters. The standard InChI is InChI=1S/C18H22N2O2/c1-4-15-9-5-6-11-17(15)22-12-19-18(21)20-16-10-7-8-13(2)14(16)3/h5-11H,4,12H2,1-3H3,(H2,19,20,21). The van der Waals surface area contributed by atoms with E-state index >= 15 is 0 Å². The minimum atomic E-state index is -0.275. The maximum absolute atomic E-state index is 11.9. The number of amides is 2. The second-order valence-corrected chi connectivity index (χ2v) is 5.13. The average Bonchev–Trinajstić information content (AvgIpc) is 2.52. The van der Waals surface area contributed by atoms with Crippen LogP contribution in [0.5, 0.6) is 5.75 Å². The first kappa shape index (κ1) is 15.9. The summed E-state index contributed by atoms with van der Waals surface area (Å²) in [5, 5.41) is 5.54. The molecule has 4 heteroatoms. The molecule has 2 amide bonds. The molecule has 0 bridgehead atoms. The van der Waals surface area contributed by atoms with Crippen LogP contribution in [-0.2, 0) is 6.42 Å². The summed E-state index contributed by atoms with van der Waals surface area (Å²) in [6, 6.07) is 13.4. The van der Waals surface area contributed by atoms with Gasteiger partial charge in [-0.2, -0.15) is 0 Å². The quantitative estimate of drug-likeness (QED) is 0.819. The fourth-order valence-electron chi connectivity index (χ4n) is 2.17. The Morgan fingerprint density at radius 3 is 2.64 bits per heavy atom. The van der Waals surface area contributed by atoms with Crippen LogP contribution in [0.3, 0.4) is 0 Å². The number of nitrogens with one attached hydrogen (secondary N) is 2. The first-order chi connectivity index (χ1) is 10.6. The van der Waals surface area contributed by atoms with Gasteiger partial charge < -0.3 is 15.4 Å². The molecule has 0 aromatic heterocycles. The lowest BCUT2D eigenvalue weighted by atomic mass is 10.1. The molecule has 116 valence electrons. The minimum Gasteiger partial charge on any atom is -0.473 e. The molecular formula is C18H22N2O2. The lowest BCUT2D eigenvalue weighted by Gasteiger charge is -2.13. The number of urea groups is 1. The monoisotopic (exact) mass is 298 g/mol. The third-order valence-electron chi connectivity index (χ3n) is 3.67. The van der Waals surface area contributed by atoms with Gasteiger partial charge in [0, 0.05) is 5.69 Å². The number of para-hydroxylation sites is 1. The Labute approximate surface area is 131 Å². The molecule has 0 unspecified atom stereocenters. The SMILES string of the molecule is CCc1ccccc1OCNC(=O)Nc1cccc(C)c1C. The highest BCUT2D eigenvalue weighted by molar-refractivity contribution is 5.90. The van der Waals surface area contributed by atoms with Crippen LogP contribution >= 0.6 is 0 Å². The molecule has 2 rings (SSSR count). The van der Waals surface area contributed by atoms with Gasteiger partial charge in [0.2, 0.25) is 0 Å². The number of carbonyl (C=O) groups is 1. The first-order valence-corrected chi connectivity index (χ1v) is 7.43. The summed E-state index contributed by atoms with van der Waals surface area (Å²) in [5.74, 6) is 0.803. The Balaban J connectivity index is 1.87. The Morgan fingerprint density at radius 1 is 1.09 bits per heavy atom. The first-order valence-electron chi connectivity index (χ1n) is 7.43. The fourth-order valence-corrected chi connectivity index (χ4v) is 2.17. The van der Waals surface area contributed by atoms with E-state index in [1.54, 1.807) is 0 Å². The number of hydrogen-bond acceptors (Lipinski definition) is 2. The summed E-state index contributed by atoms with van der Waals surface area (Å²) in [6.07, 6.45) is 0.894. The van der Waals surface area contributed by atoms with Crippen molar-refractivity contribution in [3.05, 3.63) is 59.2 Å². The van der Waals surface area contributed by atoms with Crippen molar-refractivity contribution in [3.63, 3.8) is 0 Å². The normalized spacial score (nSPS) is 10.1. The van der Waals surface area contributed by atoms with E-state index in [4.69, 9.17) is 4.74 Å². The Bertz CT molecular complexity index is 653. The number of hydrogen-bond donors (Lipinski definition) is 2. The number of benzene rings is 2. The molecule has 2 aromatic carbocycles. The van der Waals surface area contributed by atoms with Gasteiger partial charge >= 0.3 is 6.03 Å². The number of aryl methyl sites for hydroxylation is 2. The van der Waals surface area contributed by atoms with Gasteiger partial charge in [-0.1, -0.05) is 37.3 Å². The van der Waals surface area contributed by atoms with Crippen LogP contribution in [-0.4, -0.2) is 12.8 Å². The lowest BCUT2D eigenvalue weighted by Crippen LogP contribution is -2.32. The summed E-state index contributed by atoms with van der Waals surface area (Å²) >= 11 is 0. The van der Waals surface area contributed by atoms with Crippen molar-refractivity contribution in [2.45, 2.75) is 27.2 Å². The van der Waals surface area contributed by atoms with Crippen molar-refractivity contribution in [3.8, 4) is 5.75 Å². The number of ether oxygens (including phenoxy) is 1. The molecule has 0 aliphatic rings. The van der Waals surface area contributed by atoms with Crippen LogP contribution in [0.1, 0.15) is 23.6 Å². The summed E-state index contributed by atoms with van der Waals surface area (Å²) < 4.78 is 5.62. The zero-order valence-electron chi connectivity index (χ0n) is 13.3. The molecule has 0 saturated heterocycles. The Morgan fingerprint density at radius 2 is 1.86 bits per heavy atom. The fraction of sp³-hybridized carbons (Fsp3) is 0.278.